The molecule has 0 aromatic heterocycles. The van der Waals surface area contributed by atoms with Crippen LogP contribution in [0.15, 0.2) is 0 Å². The molecule has 0 spiro atoms. The van der Waals surface area contributed by atoms with Gasteiger partial charge in [-0.3, -0.25) is 0 Å². The van der Waals surface area contributed by atoms with Gasteiger partial charge in [0, 0.05) is 36.2 Å². The molecule has 2 unspecified atom stereocenters. The van der Waals surface area contributed by atoms with Gasteiger partial charge in [-0.1, -0.05) is 152 Å². The van der Waals surface area contributed by atoms with Gasteiger partial charge >= 0.3 is 0 Å². The van der Waals surface area contributed by atoms with Crippen molar-refractivity contribution in [2.75, 3.05) is 24.7 Å². The second-order valence-corrected chi connectivity index (χ2v) is 22.9. The van der Waals surface area contributed by atoms with E-state index in [1.807, 2.05) is 9.83 Å². The van der Waals surface area contributed by atoms with Gasteiger partial charge in [0.2, 0.25) is 0 Å². The molecule has 7 heteroatoms. The van der Waals surface area contributed by atoms with Crippen molar-refractivity contribution in [1.29, 1.82) is 0 Å². The van der Waals surface area contributed by atoms with E-state index in [1.165, 1.54) is 138 Å². The van der Waals surface area contributed by atoms with E-state index in [1.54, 1.807) is 0 Å². The topological polar surface area (TPSA) is 18.5 Å². The Labute approximate surface area is 261 Å². The Kier molecular flexibility index (Phi) is 33.5. The summed E-state index contributed by atoms with van der Waals surface area (Å²) in [6.07, 6.45) is 21.3. The van der Waals surface area contributed by atoms with Crippen molar-refractivity contribution in [2.45, 2.75) is 180 Å². The van der Waals surface area contributed by atoms with Gasteiger partial charge in [0.15, 0.2) is 0 Å². The van der Waals surface area contributed by atoms with Crippen molar-refractivity contribution >= 4 is 49.0 Å². The highest BCUT2D eigenvalue weighted by Crippen LogP contribution is 2.36. The number of rotatable bonds is 32. The number of hydrogen-bond donors (Lipinski definition) is 0. The lowest BCUT2D eigenvalue weighted by atomic mass is 10.3. The maximum atomic E-state index is 6.56. The molecule has 2 atom stereocenters. The minimum Gasteiger partial charge on any atom is -0.382 e. The van der Waals surface area contributed by atoms with E-state index >= 15 is 0 Å². The minimum atomic E-state index is -0.798. The van der Waals surface area contributed by atoms with Crippen molar-refractivity contribution in [1.82, 2.24) is 0 Å². The molecule has 0 aromatic rings. The Morgan fingerprint density at radius 2 is 0.795 bits per heavy atom. The van der Waals surface area contributed by atoms with Crippen molar-refractivity contribution in [3.8, 4) is 0 Å². The Hall–Kier alpha value is 1.40. The third-order valence-corrected chi connectivity index (χ3v) is 20.1. The molecule has 0 heterocycles. The first kappa shape index (κ1) is 40.4. The second-order valence-electron chi connectivity index (χ2n) is 11.6. The molecule has 0 aliphatic heterocycles. The summed E-state index contributed by atoms with van der Waals surface area (Å²) >= 11 is 0. The van der Waals surface area contributed by atoms with Crippen LogP contribution in [0, 0.1) is 0 Å². The van der Waals surface area contributed by atoms with Gasteiger partial charge < -0.3 is 9.47 Å². The maximum absolute atomic E-state index is 6.56. The summed E-state index contributed by atoms with van der Waals surface area (Å²) in [7, 11) is 4.63. The highest BCUT2D eigenvalue weighted by atomic mass is 33.5. The van der Waals surface area contributed by atoms with Gasteiger partial charge in [-0.15, -0.1) is 0 Å². The summed E-state index contributed by atoms with van der Waals surface area (Å²) in [6.45, 7) is 15.9. The average Bonchev–Trinajstić information content (AvgIpc) is 2.95. The fourth-order valence-electron chi connectivity index (χ4n) is 5.35. The summed E-state index contributed by atoms with van der Waals surface area (Å²) < 4.78 is 13.1. The number of unbranched alkanes of at least 4 members (excludes halogenated alkanes) is 6. The van der Waals surface area contributed by atoms with Gasteiger partial charge in [0.1, 0.15) is 0 Å². The summed E-state index contributed by atoms with van der Waals surface area (Å²) in [5.74, 6) is 2.56. The lowest BCUT2D eigenvalue weighted by Gasteiger charge is -2.27. The summed E-state index contributed by atoms with van der Waals surface area (Å²) in [4.78, 5) is 0. The van der Waals surface area contributed by atoms with Crippen LogP contribution < -0.4 is 0 Å². The lowest BCUT2D eigenvalue weighted by molar-refractivity contribution is 0.0926. The molecule has 0 saturated heterocycles. The van der Waals surface area contributed by atoms with E-state index in [9.17, 15) is 0 Å². The smallest absolute Gasteiger partial charge is 0.0717 e. The molecule has 0 aromatic carbocycles. The molecule has 2 nitrogen and oxygen atoms in total. The van der Waals surface area contributed by atoms with Crippen LogP contribution in [0.2, 0.25) is 24.2 Å². The molecule has 236 valence electrons. The Bertz CT molecular complexity index is 421. The third-order valence-electron chi connectivity index (χ3n) is 7.95. The zero-order valence-corrected chi connectivity index (χ0v) is 32.1. The largest absolute Gasteiger partial charge is 0.382 e. The Morgan fingerprint density at radius 1 is 0.462 bits per heavy atom. The Morgan fingerprint density at radius 3 is 1.10 bits per heavy atom. The van der Waals surface area contributed by atoms with Crippen LogP contribution >= 0.6 is 31.4 Å². The molecule has 0 N–H and O–H groups in total. The van der Waals surface area contributed by atoms with Crippen LogP contribution in [0.3, 0.4) is 0 Å². The quantitative estimate of drug-likeness (QED) is 0.0413. The molecular weight excluding hydrogens is 569 g/mol. The summed E-state index contributed by atoms with van der Waals surface area (Å²) in [6, 6.07) is 5.98. The molecular formula is C32H70O2S3Si2. The third kappa shape index (κ3) is 24.5. The first-order chi connectivity index (χ1) is 19.2. The van der Waals surface area contributed by atoms with E-state index in [-0.39, 0.29) is 0 Å². The average molecular weight is 639 g/mol. The fraction of sp³-hybridized carbons (Fsp3) is 1.00. The van der Waals surface area contributed by atoms with E-state index in [2.05, 4.69) is 63.1 Å². The molecule has 0 radical (unpaired) electrons. The molecule has 0 fully saturated rings. The van der Waals surface area contributed by atoms with Crippen LogP contribution in [-0.2, 0) is 9.47 Å². The molecule has 0 bridgehead atoms. The fourth-order valence-corrected chi connectivity index (χ4v) is 17.3. The Balaban J connectivity index is 4.42. The zero-order valence-electron chi connectivity index (χ0n) is 27.3. The second kappa shape index (κ2) is 32.3. The van der Waals surface area contributed by atoms with Crippen molar-refractivity contribution in [2.24, 2.45) is 0 Å². The van der Waals surface area contributed by atoms with Crippen LogP contribution in [0.25, 0.3) is 0 Å². The molecule has 0 amide bonds. The predicted molar refractivity (Wildman–Crippen MR) is 193 cm³/mol. The lowest BCUT2D eigenvalue weighted by Crippen LogP contribution is -2.34. The number of ether oxygens (including phenoxy) is 2. The molecule has 0 aliphatic carbocycles. The highest BCUT2D eigenvalue weighted by Gasteiger charge is 2.24. The van der Waals surface area contributed by atoms with Crippen LogP contribution in [0.1, 0.15) is 144 Å². The number of hydrogen-bond acceptors (Lipinski definition) is 5. The van der Waals surface area contributed by atoms with Crippen molar-refractivity contribution in [3.63, 3.8) is 0 Å². The van der Waals surface area contributed by atoms with Crippen molar-refractivity contribution < 1.29 is 9.47 Å². The SMILES string of the molecule is CCCCOC(CCCSSSCCCC(OCCCC)[SiH](CCCC)CCCC)[SiH](CCCC)CCCC. The standard InChI is InChI=1S/C32H70O2S3Si2/c1-7-13-23-33-31(38(27-15-9-3)28-16-10-4)21-19-25-35-37-36-26-20-22-32(34-24-14-8-2)39(29-17-11-5)30-18-12-6/h31-32,38-39H,7-30H2,1-6H3. The van der Waals surface area contributed by atoms with Gasteiger partial charge in [0.05, 0.1) is 17.6 Å². The van der Waals surface area contributed by atoms with Gasteiger partial charge in [-0.25, -0.2) is 0 Å². The normalized spacial score (nSPS) is 13.5. The summed E-state index contributed by atoms with van der Waals surface area (Å²) in [5, 5.41) is 0. The van der Waals surface area contributed by atoms with Crippen LogP contribution in [0.4, 0.5) is 0 Å². The van der Waals surface area contributed by atoms with E-state index in [0.29, 0.717) is 11.5 Å². The van der Waals surface area contributed by atoms with Crippen LogP contribution in [-0.4, -0.2) is 53.8 Å². The maximum Gasteiger partial charge on any atom is 0.0717 e. The molecule has 0 aliphatic rings. The molecule has 0 rings (SSSR count). The molecule has 0 saturated carbocycles. The first-order valence-corrected chi connectivity index (χ1v) is 25.7. The molecule has 39 heavy (non-hydrogen) atoms. The first-order valence-electron chi connectivity index (χ1n) is 17.3. The monoisotopic (exact) mass is 638 g/mol. The summed E-state index contributed by atoms with van der Waals surface area (Å²) in [5.41, 5.74) is 1.24. The zero-order chi connectivity index (χ0) is 28.8. The van der Waals surface area contributed by atoms with Gasteiger partial charge in [0.25, 0.3) is 0 Å². The van der Waals surface area contributed by atoms with E-state index in [0.717, 1.165) is 13.2 Å². The minimum absolute atomic E-state index is 0.620. The van der Waals surface area contributed by atoms with Gasteiger partial charge in [-0.05, 0) is 48.4 Å². The van der Waals surface area contributed by atoms with E-state index < -0.39 is 17.6 Å². The van der Waals surface area contributed by atoms with E-state index in [4.69, 9.17) is 9.47 Å². The van der Waals surface area contributed by atoms with Gasteiger partial charge in [-0.2, -0.15) is 0 Å². The van der Waals surface area contributed by atoms with Crippen LogP contribution in [0.5, 0.6) is 0 Å². The highest BCUT2D eigenvalue weighted by molar-refractivity contribution is 9.09. The predicted octanol–water partition coefficient (Wildman–Crippen LogP) is 11.7. The van der Waals surface area contributed by atoms with Crippen molar-refractivity contribution in [3.05, 3.63) is 0 Å².